The number of ether oxygens (including phenoxy) is 2. The molecule has 0 amide bonds. The number of nitrogens with zero attached hydrogens (tertiary/aromatic N) is 1. The lowest BCUT2D eigenvalue weighted by Crippen LogP contribution is -2.19. The number of carbonyl (C=O) groups is 1. The Labute approximate surface area is 170 Å². The molecule has 0 aromatic heterocycles. The number of benzene rings is 2. The molecule has 0 aliphatic heterocycles. The Morgan fingerprint density at radius 3 is 2.52 bits per heavy atom. The van der Waals surface area contributed by atoms with Gasteiger partial charge in [0.25, 0.3) is 0 Å². The minimum atomic E-state index is -0.373. The summed E-state index contributed by atoms with van der Waals surface area (Å²) in [6, 6.07) is 12.6. The first kappa shape index (κ1) is 22.2. The van der Waals surface area contributed by atoms with Gasteiger partial charge in [-0.15, -0.1) is 0 Å². The number of hydrogen-bond donors (Lipinski definition) is 4. The molecule has 0 radical (unpaired) electrons. The van der Waals surface area contributed by atoms with Gasteiger partial charge < -0.3 is 19.9 Å². The zero-order valence-electron chi connectivity index (χ0n) is 16.8. The summed E-state index contributed by atoms with van der Waals surface area (Å²) in [5.74, 6) is 0.251. The third-order valence-electron chi connectivity index (χ3n) is 4.00. The Morgan fingerprint density at radius 1 is 1.21 bits per heavy atom. The molecule has 2 aromatic rings. The van der Waals surface area contributed by atoms with Gasteiger partial charge in [0.1, 0.15) is 12.4 Å². The topological polar surface area (TPSA) is 112 Å². The molecule has 2 rings (SSSR count). The Morgan fingerprint density at radius 2 is 1.93 bits per heavy atom. The molecule has 8 nitrogen and oxygen atoms in total. The molecule has 29 heavy (non-hydrogen) atoms. The molecule has 8 heteroatoms. The minimum absolute atomic E-state index is 0.01000. The van der Waals surface area contributed by atoms with E-state index in [1.165, 1.54) is 13.1 Å². The van der Waals surface area contributed by atoms with E-state index in [1.807, 2.05) is 56.3 Å². The third kappa shape index (κ3) is 7.10. The fourth-order valence-electron chi connectivity index (χ4n) is 2.70. The van der Waals surface area contributed by atoms with Gasteiger partial charge in [0.2, 0.25) is 0 Å². The SMILES string of the molecule is CC(=O)OCC(Nc1ccc(C=NNO)cc1)c1ccc(OC(C)C)c(CO)c1. The van der Waals surface area contributed by atoms with E-state index in [-0.39, 0.29) is 31.3 Å². The number of esters is 1. The van der Waals surface area contributed by atoms with Gasteiger partial charge in [-0.2, -0.15) is 10.7 Å². The minimum Gasteiger partial charge on any atom is -0.491 e. The van der Waals surface area contributed by atoms with E-state index < -0.39 is 0 Å². The normalized spacial score (nSPS) is 12.1. The highest BCUT2D eigenvalue weighted by atomic mass is 16.5. The number of aliphatic hydroxyl groups excluding tert-OH is 1. The van der Waals surface area contributed by atoms with Gasteiger partial charge in [-0.3, -0.25) is 10.0 Å². The highest BCUT2D eigenvalue weighted by Crippen LogP contribution is 2.27. The second-order valence-corrected chi connectivity index (χ2v) is 6.67. The molecule has 0 aliphatic carbocycles. The van der Waals surface area contributed by atoms with Crippen LogP contribution in [0.15, 0.2) is 47.6 Å². The van der Waals surface area contributed by atoms with Crippen LogP contribution in [0.2, 0.25) is 0 Å². The Kier molecular flexibility index (Phi) is 8.45. The van der Waals surface area contributed by atoms with E-state index in [2.05, 4.69) is 10.4 Å². The maximum atomic E-state index is 11.3. The standard InChI is InChI=1S/C21H27N3O5/c1-14(2)29-21-9-6-17(10-18(21)12-25)20(13-28-15(3)26)23-19-7-4-16(5-8-19)11-22-24-27/h4-11,14,20,23-25,27H,12-13H2,1-3H3. The summed E-state index contributed by atoms with van der Waals surface area (Å²) < 4.78 is 11.0. The van der Waals surface area contributed by atoms with Crippen LogP contribution in [0, 0.1) is 0 Å². The summed E-state index contributed by atoms with van der Waals surface area (Å²) in [7, 11) is 0. The van der Waals surface area contributed by atoms with Crippen molar-refractivity contribution in [3.05, 3.63) is 59.2 Å². The van der Waals surface area contributed by atoms with Gasteiger partial charge in [0.05, 0.1) is 25.0 Å². The second kappa shape index (κ2) is 11.0. The predicted molar refractivity (Wildman–Crippen MR) is 110 cm³/mol. The van der Waals surface area contributed by atoms with Crippen molar-refractivity contribution < 1.29 is 24.6 Å². The van der Waals surface area contributed by atoms with Crippen molar-refractivity contribution in [1.82, 2.24) is 5.59 Å². The van der Waals surface area contributed by atoms with Crippen LogP contribution in [-0.2, 0) is 16.1 Å². The predicted octanol–water partition coefficient (Wildman–Crippen LogP) is 3.00. The van der Waals surface area contributed by atoms with Gasteiger partial charge in [-0.1, -0.05) is 18.2 Å². The average Bonchev–Trinajstić information content (AvgIpc) is 2.70. The molecule has 0 saturated carbocycles. The maximum absolute atomic E-state index is 11.3. The molecule has 2 aromatic carbocycles. The zero-order valence-corrected chi connectivity index (χ0v) is 16.8. The first-order valence-electron chi connectivity index (χ1n) is 9.25. The number of nitrogens with one attached hydrogen (secondary N) is 2. The summed E-state index contributed by atoms with van der Waals surface area (Å²) in [5.41, 5.74) is 4.83. The number of hydrazone groups is 1. The van der Waals surface area contributed by atoms with Crippen LogP contribution < -0.4 is 15.6 Å². The molecule has 0 saturated heterocycles. The Hall–Kier alpha value is -3.10. The van der Waals surface area contributed by atoms with Crippen LogP contribution in [-0.4, -0.2) is 35.2 Å². The summed E-state index contributed by atoms with van der Waals surface area (Å²) in [6.07, 6.45) is 1.46. The highest BCUT2D eigenvalue weighted by Gasteiger charge is 2.16. The van der Waals surface area contributed by atoms with Crippen LogP contribution in [0.5, 0.6) is 5.75 Å². The first-order chi connectivity index (χ1) is 13.9. The van der Waals surface area contributed by atoms with Gasteiger partial charge in [-0.05, 0) is 49.2 Å². The molecule has 0 aliphatic rings. The lowest BCUT2D eigenvalue weighted by Gasteiger charge is -2.22. The lowest BCUT2D eigenvalue weighted by molar-refractivity contribution is -0.141. The molecule has 0 fully saturated rings. The Balaban J connectivity index is 2.25. The third-order valence-corrected chi connectivity index (χ3v) is 4.00. The largest absolute Gasteiger partial charge is 0.491 e. The van der Waals surface area contributed by atoms with Gasteiger partial charge in [-0.25, -0.2) is 0 Å². The smallest absolute Gasteiger partial charge is 0.302 e. The molecule has 0 heterocycles. The molecule has 1 unspecified atom stereocenters. The number of hydrogen-bond acceptors (Lipinski definition) is 8. The van der Waals surface area contributed by atoms with Gasteiger partial charge >= 0.3 is 5.97 Å². The summed E-state index contributed by atoms with van der Waals surface area (Å²) >= 11 is 0. The zero-order chi connectivity index (χ0) is 21.2. The van der Waals surface area contributed by atoms with Crippen LogP contribution >= 0.6 is 0 Å². The van der Waals surface area contributed by atoms with Crippen molar-refractivity contribution in [3.8, 4) is 5.75 Å². The van der Waals surface area contributed by atoms with Gasteiger partial charge in [0.15, 0.2) is 0 Å². The molecule has 1 atom stereocenters. The molecule has 0 spiro atoms. The average molecular weight is 401 g/mol. The van der Waals surface area contributed by atoms with Crippen molar-refractivity contribution >= 4 is 17.9 Å². The van der Waals surface area contributed by atoms with Crippen molar-refractivity contribution in [2.24, 2.45) is 5.10 Å². The number of anilines is 1. The van der Waals surface area contributed by atoms with E-state index in [9.17, 15) is 9.90 Å². The maximum Gasteiger partial charge on any atom is 0.302 e. The summed E-state index contributed by atoms with van der Waals surface area (Å²) in [6.45, 7) is 5.17. The summed E-state index contributed by atoms with van der Waals surface area (Å²) in [5, 5.41) is 25.1. The van der Waals surface area contributed by atoms with Crippen molar-refractivity contribution in [2.75, 3.05) is 11.9 Å². The van der Waals surface area contributed by atoms with E-state index >= 15 is 0 Å². The number of rotatable bonds is 10. The fraction of sp³-hybridized carbons (Fsp3) is 0.333. The van der Waals surface area contributed by atoms with E-state index in [0.29, 0.717) is 11.3 Å². The summed E-state index contributed by atoms with van der Waals surface area (Å²) in [4.78, 5) is 11.3. The number of carbonyl (C=O) groups excluding carboxylic acids is 1. The van der Waals surface area contributed by atoms with E-state index in [1.54, 1.807) is 5.59 Å². The molecular weight excluding hydrogens is 374 g/mol. The lowest BCUT2D eigenvalue weighted by atomic mass is 10.0. The monoisotopic (exact) mass is 401 g/mol. The van der Waals surface area contributed by atoms with Crippen molar-refractivity contribution in [3.63, 3.8) is 0 Å². The second-order valence-electron chi connectivity index (χ2n) is 6.67. The van der Waals surface area contributed by atoms with Crippen molar-refractivity contribution in [2.45, 2.75) is 39.5 Å². The number of aliphatic hydroxyl groups is 1. The quantitative estimate of drug-likeness (QED) is 0.275. The van der Waals surface area contributed by atoms with Crippen LogP contribution in [0.3, 0.4) is 0 Å². The van der Waals surface area contributed by atoms with E-state index in [4.69, 9.17) is 14.7 Å². The van der Waals surface area contributed by atoms with Crippen molar-refractivity contribution in [1.29, 1.82) is 0 Å². The van der Waals surface area contributed by atoms with Crippen LogP contribution in [0.1, 0.15) is 43.5 Å². The van der Waals surface area contributed by atoms with Crippen LogP contribution in [0.25, 0.3) is 0 Å². The first-order valence-corrected chi connectivity index (χ1v) is 9.25. The van der Waals surface area contributed by atoms with Crippen LogP contribution in [0.4, 0.5) is 5.69 Å². The molecule has 4 N–H and O–H groups in total. The fourth-order valence-corrected chi connectivity index (χ4v) is 2.70. The molecular formula is C21H27N3O5. The Bertz CT molecular complexity index is 822. The van der Waals surface area contributed by atoms with E-state index in [0.717, 1.165) is 16.8 Å². The molecule has 0 bridgehead atoms. The highest BCUT2D eigenvalue weighted by molar-refractivity contribution is 5.80. The molecule has 156 valence electrons. The van der Waals surface area contributed by atoms with Gasteiger partial charge in [0, 0.05) is 18.2 Å².